The second-order valence-corrected chi connectivity index (χ2v) is 4.79. The molecule has 5 nitrogen and oxygen atoms in total. The number of likely N-dealkylation sites (N-methyl/N-ethyl adjacent to an activating group) is 1. The van der Waals surface area contributed by atoms with Crippen molar-refractivity contribution in [1.29, 1.82) is 0 Å². The van der Waals surface area contributed by atoms with Crippen LogP contribution >= 0.6 is 0 Å². The molecule has 0 rings (SSSR count). The number of rotatable bonds is 8. The van der Waals surface area contributed by atoms with Gasteiger partial charge in [-0.15, -0.1) is 0 Å². The van der Waals surface area contributed by atoms with E-state index in [1.807, 2.05) is 21.0 Å². The molecule has 0 bridgehead atoms. The van der Waals surface area contributed by atoms with E-state index in [1.165, 1.54) is 14.0 Å². The molecule has 0 aliphatic carbocycles. The van der Waals surface area contributed by atoms with Crippen molar-refractivity contribution in [1.82, 2.24) is 9.80 Å². The van der Waals surface area contributed by atoms with E-state index < -0.39 is 11.6 Å². The van der Waals surface area contributed by atoms with E-state index in [0.29, 0.717) is 6.54 Å². The zero-order chi connectivity index (χ0) is 13.5. The molecule has 1 unspecified atom stereocenters. The van der Waals surface area contributed by atoms with Gasteiger partial charge in [0.2, 0.25) is 0 Å². The van der Waals surface area contributed by atoms with Gasteiger partial charge in [-0.3, -0.25) is 0 Å². The van der Waals surface area contributed by atoms with Crippen LogP contribution < -0.4 is 0 Å². The summed E-state index contributed by atoms with van der Waals surface area (Å²) in [6.07, 6.45) is 1.01. The zero-order valence-electron chi connectivity index (χ0n) is 11.7. The third kappa shape index (κ3) is 6.61. The van der Waals surface area contributed by atoms with Crippen LogP contribution in [0.15, 0.2) is 0 Å². The Morgan fingerprint density at radius 1 is 1.35 bits per heavy atom. The summed E-state index contributed by atoms with van der Waals surface area (Å²) < 4.78 is 4.58. The largest absolute Gasteiger partial charge is 0.467 e. The van der Waals surface area contributed by atoms with Gasteiger partial charge < -0.3 is 19.6 Å². The predicted molar refractivity (Wildman–Crippen MR) is 67.9 cm³/mol. The molecule has 0 fully saturated rings. The van der Waals surface area contributed by atoms with Crippen molar-refractivity contribution in [3.63, 3.8) is 0 Å². The van der Waals surface area contributed by atoms with Crippen molar-refractivity contribution < 1.29 is 14.6 Å². The molecule has 1 atom stereocenters. The van der Waals surface area contributed by atoms with Crippen LogP contribution in [-0.4, -0.2) is 73.9 Å². The molecular formula is C12H26N2O3. The molecule has 0 saturated heterocycles. The molecule has 0 radical (unpaired) electrons. The van der Waals surface area contributed by atoms with Crippen LogP contribution in [0, 0.1) is 0 Å². The van der Waals surface area contributed by atoms with Crippen molar-refractivity contribution in [2.75, 3.05) is 47.4 Å². The van der Waals surface area contributed by atoms with E-state index in [1.54, 1.807) is 0 Å². The molecule has 0 heterocycles. The van der Waals surface area contributed by atoms with Gasteiger partial charge in [0, 0.05) is 6.54 Å². The van der Waals surface area contributed by atoms with Crippen molar-refractivity contribution >= 4 is 5.97 Å². The van der Waals surface area contributed by atoms with E-state index >= 15 is 0 Å². The lowest BCUT2D eigenvalue weighted by Crippen LogP contribution is -2.47. The van der Waals surface area contributed by atoms with Crippen LogP contribution in [0.5, 0.6) is 0 Å². The standard InChI is InChI=1S/C12H26N2O3/c1-6-14(9-7-8-13(3)4)10-12(2,16)11(15)17-5/h16H,6-10H2,1-5H3. The molecule has 5 heteroatoms. The number of esters is 1. The Hall–Kier alpha value is -0.650. The minimum Gasteiger partial charge on any atom is -0.467 e. The molecule has 17 heavy (non-hydrogen) atoms. The quantitative estimate of drug-likeness (QED) is 0.619. The molecule has 0 aromatic heterocycles. The molecule has 0 aromatic rings. The Labute approximate surface area is 104 Å². The molecule has 1 N–H and O–H groups in total. The normalized spacial score (nSPS) is 15.1. The van der Waals surface area contributed by atoms with Crippen LogP contribution in [0.4, 0.5) is 0 Å². The van der Waals surface area contributed by atoms with Gasteiger partial charge in [0.1, 0.15) is 0 Å². The Morgan fingerprint density at radius 3 is 2.35 bits per heavy atom. The summed E-state index contributed by atoms with van der Waals surface area (Å²) in [6.45, 7) is 6.49. The first-order valence-corrected chi connectivity index (χ1v) is 6.01. The highest BCUT2D eigenvalue weighted by Gasteiger charge is 2.33. The van der Waals surface area contributed by atoms with Crippen molar-refractivity contribution in [2.45, 2.75) is 25.9 Å². The molecule has 0 amide bonds. The van der Waals surface area contributed by atoms with Crippen LogP contribution in [0.25, 0.3) is 0 Å². The summed E-state index contributed by atoms with van der Waals surface area (Å²) in [5.74, 6) is -0.580. The zero-order valence-corrected chi connectivity index (χ0v) is 11.7. The minimum absolute atomic E-state index is 0.309. The number of nitrogens with zero attached hydrogens (tertiary/aromatic N) is 2. The topological polar surface area (TPSA) is 53.0 Å². The average Bonchev–Trinajstić information content (AvgIpc) is 2.25. The summed E-state index contributed by atoms with van der Waals surface area (Å²) in [5.41, 5.74) is -1.43. The van der Waals surface area contributed by atoms with E-state index in [9.17, 15) is 9.90 Å². The van der Waals surface area contributed by atoms with Gasteiger partial charge in [0.05, 0.1) is 7.11 Å². The summed E-state index contributed by atoms with van der Waals surface area (Å²) in [4.78, 5) is 15.5. The molecule has 0 aliphatic heterocycles. The second-order valence-electron chi connectivity index (χ2n) is 4.79. The summed E-state index contributed by atoms with van der Waals surface area (Å²) in [7, 11) is 5.35. The number of ether oxygens (including phenoxy) is 1. The highest BCUT2D eigenvalue weighted by atomic mass is 16.5. The van der Waals surface area contributed by atoms with E-state index in [2.05, 4.69) is 14.5 Å². The molecule has 0 aliphatic rings. The molecular weight excluding hydrogens is 220 g/mol. The first kappa shape index (κ1) is 16.4. The SMILES string of the molecule is CCN(CCCN(C)C)CC(C)(O)C(=O)OC. The predicted octanol–water partition coefficient (Wildman–Crippen LogP) is 0.184. The molecule has 0 aromatic carbocycles. The Balaban J connectivity index is 4.15. The van der Waals surface area contributed by atoms with Gasteiger partial charge in [0.15, 0.2) is 5.60 Å². The number of hydrogen-bond acceptors (Lipinski definition) is 5. The smallest absolute Gasteiger partial charge is 0.338 e. The van der Waals surface area contributed by atoms with Crippen LogP contribution in [0.1, 0.15) is 20.3 Å². The first-order valence-electron chi connectivity index (χ1n) is 6.01. The lowest BCUT2D eigenvalue weighted by molar-refractivity contribution is -0.162. The van der Waals surface area contributed by atoms with Crippen LogP contribution in [-0.2, 0) is 9.53 Å². The van der Waals surface area contributed by atoms with E-state index in [4.69, 9.17) is 0 Å². The second kappa shape index (κ2) is 7.63. The van der Waals surface area contributed by atoms with Crippen molar-refractivity contribution in [3.05, 3.63) is 0 Å². The third-order valence-corrected chi connectivity index (χ3v) is 2.68. The maximum absolute atomic E-state index is 11.4. The highest BCUT2D eigenvalue weighted by Crippen LogP contribution is 2.09. The maximum Gasteiger partial charge on any atom is 0.338 e. The fourth-order valence-corrected chi connectivity index (χ4v) is 1.68. The molecule has 0 spiro atoms. The van der Waals surface area contributed by atoms with Gasteiger partial charge >= 0.3 is 5.97 Å². The van der Waals surface area contributed by atoms with Gasteiger partial charge in [-0.25, -0.2) is 4.79 Å². The van der Waals surface area contributed by atoms with Gasteiger partial charge in [0.25, 0.3) is 0 Å². The monoisotopic (exact) mass is 246 g/mol. The summed E-state index contributed by atoms with van der Waals surface area (Å²) in [6, 6.07) is 0. The number of methoxy groups -OCH3 is 1. The average molecular weight is 246 g/mol. The fraction of sp³-hybridized carbons (Fsp3) is 0.917. The highest BCUT2D eigenvalue weighted by molar-refractivity contribution is 5.78. The Bertz CT molecular complexity index is 230. The van der Waals surface area contributed by atoms with E-state index in [-0.39, 0.29) is 0 Å². The number of aliphatic hydroxyl groups is 1. The number of carbonyl (C=O) groups excluding carboxylic acids is 1. The van der Waals surface area contributed by atoms with Crippen molar-refractivity contribution in [3.8, 4) is 0 Å². The van der Waals surface area contributed by atoms with Crippen LogP contribution in [0.2, 0.25) is 0 Å². The Morgan fingerprint density at radius 2 is 1.94 bits per heavy atom. The Kier molecular flexibility index (Phi) is 7.34. The number of hydrogen-bond donors (Lipinski definition) is 1. The summed E-state index contributed by atoms with van der Waals surface area (Å²) in [5, 5.41) is 9.97. The molecule has 0 saturated carbocycles. The van der Waals surface area contributed by atoms with Crippen molar-refractivity contribution in [2.24, 2.45) is 0 Å². The van der Waals surface area contributed by atoms with Gasteiger partial charge in [-0.2, -0.15) is 0 Å². The lowest BCUT2D eigenvalue weighted by atomic mass is 10.1. The third-order valence-electron chi connectivity index (χ3n) is 2.68. The van der Waals surface area contributed by atoms with E-state index in [0.717, 1.165) is 26.1 Å². The first-order chi connectivity index (χ1) is 7.83. The molecule has 102 valence electrons. The van der Waals surface area contributed by atoms with Gasteiger partial charge in [-0.05, 0) is 47.1 Å². The van der Waals surface area contributed by atoms with Crippen LogP contribution in [0.3, 0.4) is 0 Å². The minimum atomic E-state index is -1.43. The fourth-order valence-electron chi connectivity index (χ4n) is 1.68. The maximum atomic E-state index is 11.4. The number of carbonyl (C=O) groups is 1. The summed E-state index contributed by atoms with van der Waals surface area (Å²) >= 11 is 0. The lowest BCUT2D eigenvalue weighted by Gasteiger charge is -2.29. The van der Waals surface area contributed by atoms with Gasteiger partial charge in [-0.1, -0.05) is 6.92 Å².